The van der Waals surface area contributed by atoms with E-state index in [4.69, 9.17) is 0 Å². The Morgan fingerprint density at radius 3 is 0.632 bits per heavy atom. The first-order valence-electron chi connectivity index (χ1n) is 12.7. The first-order chi connectivity index (χ1) is 17.1. The molecule has 0 saturated carbocycles. The molecule has 4 rings (SSSR count). The molecule has 0 aromatic carbocycles. The third kappa shape index (κ3) is 4.82. The maximum atomic E-state index is 13.4. The zero-order valence-corrected chi connectivity index (χ0v) is 27.5. The minimum Gasteiger partial charge on any atom is -0.285 e. The molecule has 0 N–H and O–H groups in total. The van der Waals surface area contributed by atoms with Crippen LogP contribution in [-0.4, -0.2) is 23.1 Å². The van der Waals surface area contributed by atoms with Crippen molar-refractivity contribution in [2.24, 2.45) is 21.7 Å². The van der Waals surface area contributed by atoms with Gasteiger partial charge in [0, 0.05) is 41.9 Å². The van der Waals surface area contributed by atoms with Crippen molar-refractivity contribution < 1.29 is 19.2 Å². The quantitative estimate of drug-likeness (QED) is 0.206. The number of ketones is 4. The van der Waals surface area contributed by atoms with Crippen molar-refractivity contribution in [2.75, 3.05) is 0 Å². The minimum atomic E-state index is -0.489. The molecular weight excluding hydrogens is 553 g/mol. The number of rotatable bonds is 0. The van der Waals surface area contributed by atoms with Gasteiger partial charge in [-0.3, -0.25) is 19.2 Å². The largest absolute Gasteiger partial charge is 0.285 e. The summed E-state index contributed by atoms with van der Waals surface area (Å²) in [6, 6.07) is 0. The fourth-order valence-electron chi connectivity index (χ4n) is 5.01. The normalized spacial score (nSPS) is 22.0. The summed E-state index contributed by atoms with van der Waals surface area (Å²) < 4.78 is 1.98. The number of fused-ring (bicyclic) bond motifs is 2. The lowest BCUT2D eigenvalue weighted by Gasteiger charge is -2.31. The molecule has 4 nitrogen and oxygen atoms in total. The highest BCUT2D eigenvalue weighted by Gasteiger charge is 2.49. The number of thioether (sulfide) groups is 4. The number of carbonyl (C=O) groups is 4. The summed E-state index contributed by atoms with van der Waals surface area (Å²) >= 11 is 6.21. The summed E-state index contributed by atoms with van der Waals surface area (Å²) in [5, 5.41) is 0. The van der Waals surface area contributed by atoms with Crippen LogP contribution in [0.5, 0.6) is 0 Å². The summed E-state index contributed by atoms with van der Waals surface area (Å²) in [5.41, 5.74) is 0.316. The maximum absolute atomic E-state index is 13.4. The lowest BCUT2D eigenvalue weighted by Crippen LogP contribution is -2.34. The summed E-state index contributed by atoms with van der Waals surface area (Å²) in [4.78, 5) is 57.1. The second-order valence-electron chi connectivity index (χ2n) is 14.1. The third-order valence-electron chi connectivity index (χ3n) is 6.59. The minimum absolute atomic E-state index is 0.410. The molecule has 204 valence electrons. The molecule has 2 aliphatic carbocycles. The Balaban J connectivity index is 1.99. The molecular formula is C30H36O4S4. The van der Waals surface area contributed by atoms with E-state index in [2.05, 4.69) is 0 Å². The molecule has 2 fully saturated rings. The third-order valence-corrected chi connectivity index (χ3v) is 12.4. The number of hydrogen-bond acceptors (Lipinski definition) is 8. The molecule has 2 saturated heterocycles. The van der Waals surface area contributed by atoms with Crippen molar-refractivity contribution in [2.45, 2.75) is 83.1 Å². The first kappa shape index (κ1) is 29.8. The number of hydrogen-bond donors (Lipinski definition) is 0. The van der Waals surface area contributed by atoms with Gasteiger partial charge in [0.2, 0.25) is 23.1 Å². The number of allylic oxidation sites excluding steroid dienone is 4. The smallest absolute Gasteiger partial charge is 0.230 e. The second-order valence-corrected chi connectivity index (χ2v) is 18.7. The monoisotopic (exact) mass is 588 g/mol. The molecule has 0 aromatic rings. The zero-order chi connectivity index (χ0) is 28.9. The lowest BCUT2D eigenvalue weighted by molar-refractivity contribution is -0.133. The van der Waals surface area contributed by atoms with Crippen molar-refractivity contribution in [3.63, 3.8) is 0 Å². The lowest BCUT2D eigenvalue weighted by atomic mass is 9.73. The zero-order valence-electron chi connectivity index (χ0n) is 24.3. The molecule has 0 unspecified atom stereocenters. The van der Waals surface area contributed by atoms with E-state index < -0.39 is 44.8 Å². The van der Waals surface area contributed by atoms with Crippen LogP contribution in [0.3, 0.4) is 0 Å². The molecule has 0 bridgehead atoms. The van der Waals surface area contributed by atoms with Gasteiger partial charge in [0.05, 0.1) is 8.47 Å². The number of Topliss-reactive ketones (excluding diaryl/α,β-unsaturated/α-hetero) is 4. The van der Waals surface area contributed by atoms with Crippen LogP contribution >= 0.6 is 47.0 Å². The highest BCUT2D eigenvalue weighted by molar-refractivity contribution is 8.35. The molecule has 4 aliphatic rings. The molecule has 2 heterocycles. The van der Waals surface area contributed by atoms with Gasteiger partial charge in [-0.1, -0.05) is 130 Å². The van der Waals surface area contributed by atoms with Gasteiger partial charge < -0.3 is 0 Å². The molecule has 8 heteroatoms. The van der Waals surface area contributed by atoms with Gasteiger partial charge in [0.15, 0.2) is 0 Å². The van der Waals surface area contributed by atoms with E-state index in [1.165, 1.54) is 0 Å². The van der Waals surface area contributed by atoms with Crippen molar-refractivity contribution in [1.82, 2.24) is 0 Å². The molecule has 0 atom stereocenters. The average molecular weight is 589 g/mol. The Kier molecular flexibility index (Phi) is 7.16. The van der Waals surface area contributed by atoms with Crippen LogP contribution in [-0.2, 0) is 19.2 Å². The predicted molar refractivity (Wildman–Crippen MR) is 163 cm³/mol. The maximum Gasteiger partial charge on any atom is 0.230 e. The topological polar surface area (TPSA) is 68.3 Å². The Hall–Kier alpha value is -1.22. The fraction of sp³-hybridized carbons (Fsp3) is 0.533. The van der Waals surface area contributed by atoms with Gasteiger partial charge >= 0.3 is 0 Å². The average Bonchev–Trinajstić information content (AvgIpc) is 3.29. The number of carbonyl (C=O) groups excluding carboxylic acids is 4. The highest BCUT2D eigenvalue weighted by Crippen LogP contribution is 2.68. The highest BCUT2D eigenvalue weighted by atomic mass is 32.2. The predicted octanol–water partition coefficient (Wildman–Crippen LogP) is 8.58. The fourth-order valence-corrected chi connectivity index (χ4v) is 11.7. The van der Waals surface area contributed by atoms with Crippen molar-refractivity contribution in [1.29, 1.82) is 0 Å². The van der Waals surface area contributed by atoms with Crippen molar-refractivity contribution in [3.05, 3.63) is 50.4 Å². The van der Waals surface area contributed by atoms with Gasteiger partial charge in [-0.15, -0.1) is 0 Å². The van der Waals surface area contributed by atoms with Gasteiger partial charge in [0.25, 0.3) is 0 Å². The van der Waals surface area contributed by atoms with Gasteiger partial charge in [-0.25, -0.2) is 0 Å². The van der Waals surface area contributed by atoms with Gasteiger partial charge in [-0.2, -0.15) is 0 Å². The van der Waals surface area contributed by atoms with E-state index in [9.17, 15) is 19.2 Å². The van der Waals surface area contributed by atoms with Gasteiger partial charge in [0.1, 0.15) is 0 Å². The van der Waals surface area contributed by atoms with E-state index in [1.807, 2.05) is 83.1 Å². The van der Waals surface area contributed by atoms with Crippen molar-refractivity contribution in [3.8, 4) is 0 Å². The Morgan fingerprint density at radius 2 is 0.500 bits per heavy atom. The molecule has 38 heavy (non-hydrogen) atoms. The van der Waals surface area contributed by atoms with Gasteiger partial charge in [-0.05, 0) is 21.7 Å². The molecule has 0 spiro atoms. The summed E-state index contributed by atoms with van der Waals surface area (Å²) in [5.74, 6) is -1.64. The second kappa shape index (κ2) is 9.15. The summed E-state index contributed by atoms with van der Waals surface area (Å²) in [6.45, 7) is 23.7. The molecule has 2 aliphatic heterocycles. The van der Waals surface area contributed by atoms with Crippen LogP contribution in [0.2, 0.25) is 0 Å². The SMILES string of the molecule is CC(C)(C)C1=C2SC(=C3SC4=C(C(C)(C)C)C(=O)C(=O)C(C(C)(C)C)=C4S3)SC2=C(C(C)(C)C)C(=O)C1=O. The van der Waals surface area contributed by atoms with Crippen LogP contribution in [0.1, 0.15) is 83.1 Å². The van der Waals surface area contributed by atoms with Crippen molar-refractivity contribution >= 4 is 70.2 Å². The molecule has 0 radical (unpaired) electrons. The van der Waals surface area contributed by atoms with E-state index in [1.54, 1.807) is 47.0 Å². The van der Waals surface area contributed by atoms with Crippen LogP contribution in [0, 0.1) is 21.7 Å². The van der Waals surface area contributed by atoms with Crippen LogP contribution in [0.15, 0.2) is 50.4 Å². The van der Waals surface area contributed by atoms with E-state index in [-0.39, 0.29) is 0 Å². The molecule has 0 aromatic heterocycles. The van der Waals surface area contributed by atoms with E-state index in [0.717, 1.165) is 28.1 Å². The van der Waals surface area contributed by atoms with Crippen LogP contribution in [0.25, 0.3) is 0 Å². The standard InChI is InChI=1S/C30H36O4S4/c1-27(2,3)13-17(31)18(32)14(28(4,5)6)22-21(13)35-25(36-22)26-37-23-15(29(7,8)9)19(33)20(34)16(24(23)38-26)30(10,11)12/h1-12H3. The molecule has 0 amide bonds. The van der Waals surface area contributed by atoms with E-state index >= 15 is 0 Å². The summed E-state index contributed by atoms with van der Waals surface area (Å²) in [7, 11) is 0. The Labute approximate surface area is 243 Å². The Bertz CT molecular complexity index is 1170. The Morgan fingerprint density at radius 1 is 0.342 bits per heavy atom. The summed E-state index contributed by atoms with van der Waals surface area (Å²) in [6.07, 6.45) is 0. The van der Waals surface area contributed by atoms with E-state index in [0.29, 0.717) is 22.3 Å². The first-order valence-corrected chi connectivity index (χ1v) is 16.0. The van der Waals surface area contributed by atoms with Crippen LogP contribution in [0.4, 0.5) is 0 Å². The van der Waals surface area contributed by atoms with Crippen LogP contribution < -0.4 is 0 Å².